The first-order chi connectivity index (χ1) is 9.01. The first kappa shape index (κ1) is 15.7. The number of nitrogens with one attached hydrogen (secondary N) is 1. The van der Waals surface area contributed by atoms with Crippen LogP contribution >= 0.6 is 0 Å². The van der Waals surface area contributed by atoms with E-state index in [0.717, 1.165) is 5.82 Å². The lowest BCUT2D eigenvalue weighted by atomic mass is 10.1. The van der Waals surface area contributed by atoms with Gasteiger partial charge >= 0.3 is 0 Å². The molecule has 0 saturated heterocycles. The summed E-state index contributed by atoms with van der Waals surface area (Å²) in [5, 5.41) is 3.30. The zero-order valence-corrected chi connectivity index (χ0v) is 12.2. The molecular formula is C14H24N2O3. The van der Waals surface area contributed by atoms with Gasteiger partial charge in [0, 0.05) is 18.7 Å². The highest BCUT2D eigenvalue weighted by Crippen LogP contribution is 2.15. The van der Waals surface area contributed by atoms with Gasteiger partial charge in [0.05, 0.1) is 19.8 Å². The number of pyridine rings is 1. The van der Waals surface area contributed by atoms with Crippen LogP contribution in [0.25, 0.3) is 0 Å². The summed E-state index contributed by atoms with van der Waals surface area (Å²) in [4.78, 5) is 4.38. The Morgan fingerprint density at radius 2 is 1.84 bits per heavy atom. The second-order valence-corrected chi connectivity index (χ2v) is 5.19. The molecule has 5 heteroatoms. The van der Waals surface area contributed by atoms with E-state index in [1.165, 1.54) is 0 Å². The van der Waals surface area contributed by atoms with Crippen LogP contribution in [0, 0.1) is 0 Å². The van der Waals surface area contributed by atoms with Crippen LogP contribution in [0.2, 0.25) is 0 Å². The fraction of sp³-hybridized carbons (Fsp3) is 0.643. The zero-order valence-electron chi connectivity index (χ0n) is 12.2. The molecule has 0 saturated carbocycles. The van der Waals surface area contributed by atoms with Gasteiger partial charge in [-0.3, -0.25) is 0 Å². The molecule has 0 atom stereocenters. The van der Waals surface area contributed by atoms with E-state index in [9.17, 15) is 0 Å². The molecule has 5 nitrogen and oxygen atoms in total. The number of ether oxygens (including phenoxy) is 3. The summed E-state index contributed by atoms with van der Waals surface area (Å²) < 4.78 is 15.7. The smallest absolute Gasteiger partial charge is 0.215 e. The molecule has 1 heterocycles. The average molecular weight is 268 g/mol. The van der Waals surface area contributed by atoms with Crippen molar-refractivity contribution in [1.29, 1.82) is 0 Å². The molecule has 0 radical (unpaired) electrons. The number of hydrogen-bond acceptors (Lipinski definition) is 5. The molecule has 1 aromatic heterocycles. The van der Waals surface area contributed by atoms with E-state index in [2.05, 4.69) is 31.1 Å². The summed E-state index contributed by atoms with van der Waals surface area (Å²) in [5.41, 5.74) is -0.0190. The Morgan fingerprint density at radius 3 is 2.53 bits per heavy atom. The van der Waals surface area contributed by atoms with Gasteiger partial charge in [0.15, 0.2) is 0 Å². The third kappa shape index (κ3) is 7.64. The molecule has 108 valence electrons. The van der Waals surface area contributed by atoms with Crippen molar-refractivity contribution in [2.75, 3.05) is 38.9 Å². The maximum Gasteiger partial charge on any atom is 0.215 e. The quantitative estimate of drug-likeness (QED) is 0.733. The summed E-state index contributed by atoms with van der Waals surface area (Å²) in [5.74, 6) is 1.41. The van der Waals surface area contributed by atoms with E-state index in [0.29, 0.717) is 32.3 Å². The van der Waals surface area contributed by atoms with Gasteiger partial charge in [0.2, 0.25) is 5.88 Å². The lowest BCUT2D eigenvalue weighted by Gasteiger charge is -2.21. The number of methoxy groups -OCH3 is 1. The first-order valence-corrected chi connectivity index (χ1v) is 6.46. The van der Waals surface area contributed by atoms with Gasteiger partial charge in [0.25, 0.3) is 0 Å². The van der Waals surface area contributed by atoms with Crippen LogP contribution < -0.4 is 10.1 Å². The van der Waals surface area contributed by atoms with Gasteiger partial charge < -0.3 is 19.5 Å². The molecule has 0 unspecified atom stereocenters. The summed E-state index contributed by atoms with van der Waals surface area (Å²) >= 11 is 0. The first-order valence-electron chi connectivity index (χ1n) is 6.46. The Bertz CT molecular complexity index is 364. The minimum atomic E-state index is -0.0190. The summed E-state index contributed by atoms with van der Waals surface area (Å²) in [7, 11) is 1.65. The van der Waals surface area contributed by atoms with Crippen molar-refractivity contribution in [3.8, 4) is 5.88 Å². The second-order valence-electron chi connectivity index (χ2n) is 5.19. The fourth-order valence-corrected chi connectivity index (χ4v) is 1.40. The minimum Gasteiger partial charge on any atom is -0.475 e. The van der Waals surface area contributed by atoms with Crippen molar-refractivity contribution in [2.45, 2.75) is 26.3 Å². The lowest BCUT2D eigenvalue weighted by Crippen LogP contribution is -2.26. The van der Waals surface area contributed by atoms with Crippen molar-refractivity contribution < 1.29 is 14.2 Å². The predicted octanol–water partition coefficient (Wildman–Crippen LogP) is 2.33. The third-order valence-electron chi connectivity index (χ3n) is 2.14. The molecule has 0 amide bonds. The van der Waals surface area contributed by atoms with Gasteiger partial charge in [-0.25, -0.2) is 0 Å². The monoisotopic (exact) mass is 268 g/mol. The molecule has 19 heavy (non-hydrogen) atoms. The molecule has 0 fully saturated rings. The third-order valence-corrected chi connectivity index (χ3v) is 2.14. The van der Waals surface area contributed by atoms with Crippen LogP contribution in [-0.2, 0) is 9.47 Å². The van der Waals surface area contributed by atoms with Crippen LogP contribution in [0.3, 0.4) is 0 Å². The van der Waals surface area contributed by atoms with Gasteiger partial charge in [-0.2, -0.15) is 4.98 Å². The molecule has 0 bridgehead atoms. The highest BCUT2D eigenvalue weighted by molar-refractivity contribution is 5.39. The Balaban J connectivity index is 2.32. The normalized spacial score (nSPS) is 11.4. The topological polar surface area (TPSA) is 52.6 Å². The van der Waals surface area contributed by atoms with Crippen molar-refractivity contribution in [1.82, 2.24) is 4.98 Å². The largest absolute Gasteiger partial charge is 0.475 e. The number of nitrogens with zero attached hydrogens (tertiary/aromatic N) is 1. The average Bonchev–Trinajstić information content (AvgIpc) is 2.32. The fourth-order valence-electron chi connectivity index (χ4n) is 1.40. The predicted molar refractivity (Wildman–Crippen MR) is 75.8 cm³/mol. The molecule has 1 aromatic rings. The van der Waals surface area contributed by atoms with Gasteiger partial charge in [-0.05, 0) is 26.8 Å². The lowest BCUT2D eigenvalue weighted by molar-refractivity contribution is 0.0537. The zero-order chi connectivity index (χ0) is 14.1. The number of rotatable bonds is 8. The molecule has 0 aliphatic rings. The molecule has 0 aromatic carbocycles. The van der Waals surface area contributed by atoms with Gasteiger partial charge in [-0.15, -0.1) is 0 Å². The number of anilines is 1. The van der Waals surface area contributed by atoms with Crippen LogP contribution in [0.1, 0.15) is 20.8 Å². The Kier molecular flexibility index (Phi) is 6.59. The second kappa shape index (κ2) is 7.96. The van der Waals surface area contributed by atoms with E-state index in [4.69, 9.17) is 14.2 Å². The summed E-state index contributed by atoms with van der Waals surface area (Å²) in [6.45, 7) is 8.46. The van der Waals surface area contributed by atoms with Crippen molar-refractivity contribution in [3.05, 3.63) is 18.2 Å². The summed E-state index contributed by atoms with van der Waals surface area (Å²) in [6.07, 6.45) is 0. The maximum atomic E-state index is 5.52. The molecule has 0 aliphatic heterocycles. The molecule has 1 rings (SSSR count). The SMILES string of the molecule is COCCOCCOc1cccc(NC(C)(C)C)n1. The van der Waals surface area contributed by atoms with Crippen molar-refractivity contribution in [3.63, 3.8) is 0 Å². The van der Waals surface area contributed by atoms with Crippen molar-refractivity contribution in [2.24, 2.45) is 0 Å². The molecule has 0 aliphatic carbocycles. The molecular weight excluding hydrogens is 244 g/mol. The Morgan fingerprint density at radius 1 is 1.11 bits per heavy atom. The Hall–Kier alpha value is -1.33. The van der Waals surface area contributed by atoms with Crippen molar-refractivity contribution >= 4 is 5.82 Å². The van der Waals surface area contributed by atoms with Gasteiger partial charge in [0.1, 0.15) is 12.4 Å². The van der Waals surface area contributed by atoms with Crippen LogP contribution in [0.5, 0.6) is 5.88 Å². The highest BCUT2D eigenvalue weighted by Gasteiger charge is 2.10. The number of hydrogen-bond donors (Lipinski definition) is 1. The highest BCUT2D eigenvalue weighted by atomic mass is 16.5. The van der Waals surface area contributed by atoms with E-state index in [1.54, 1.807) is 7.11 Å². The standard InChI is InChI=1S/C14H24N2O3/c1-14(2,3)16-12-6-5-7-13(15-12)19-11-10-18-9-8-17-4/h5-7H,8-11H2,1-4H3,(H,15,16). The van der Waals surface area contributed by atoms with Crippen LogP contribution in [0.15, 0.2) is 18.2 Å². The minimum absolute atomic E-state index is 0.0190. The van der Waals surface area contributed by atoms with E-state index < -0.39 is 0 Å². The maximum absolute atomic E-state index is 5.52. The summed E-state index contributed by atoms with van der Waals surface area (Å²) in [6, 6.07) is 5.68. The Labute approximate surface area is 115 Å². The van der Waals surface area contributed by atoms with E-state index in [-0.39, 0.29) is 5.54 Å². The van der Waals surface area contributed by atoms with E-state index >= 15 is 0 Å². The molecule has 0 spiro atoms. The van der Waals surface area contributed by atoms with Gasteiger partial charge in [-0.1, -0.05) is 6.07 Å². The molecule has 1 N–H and O–H groups in total. The number of aromatic nitrogens is 1. The van der Waals surface area contributed by atoms with Crippen LogP contribution in [-0.4, -0.2) is 44.1 Å². The van der Waals surface area contributed by atoms with E-state index in [1.807, 2.05) is 18.2 Å². The van der Waals surface area contributed by atoms with Crippen LogP contribution in [0.4, 0.5) is 5.82 Å².